The van der Waals surface area contributed by atoms with Crippen LogP contribution < -0.4 is 0 Å². The number of rotatable bonds is 1. The molecule has 0 aromatic heterocycles. The first kappa shape index (κ1) is 7.80. The van der Waals surface area contributed by atoms with E-state index < -0.39 is 0 Å². The largest absolute Gasteiger partial charge is 0.146 e. The van der Waals surface area contributed by atoms with E-state index in [1.54, 1.807) is 0 Å². The fraction of sp³-hybridized carbons (Fsp3) is 1.00. The predicted molar refractivity (Wildman–Crippen MR) is 48.1 cm³/mol. The summed E-state index contributed by atoms with van der Waals surface area (Å²) in [6.45, 7) is 6.94. The van der Waals surface area contributed by atoms with Gasteiger partial charge in [0.05, 0.1) is 4.58 Å². The molecule has 0 saturated carbocycles. The van der Waals surface area contributed by atoms with Gasteiger partial charge in [-0.15, -0.1) is 23.5 Å². The minimum Gasteiger partial charge on any atom is -0.146 e. The van der Waals surface area contributed by atoms with Crippen LogP contribution in [0.15, 0.2) is 0 Å². The Morgan fingerprint density at radius 1 is 1.44 bits per heavy atom. The first-order chi connectivity index (χ1) is 4.20. The summed E-state index contributed by atoms with van der Waals surface area (Å²) in [4.78, 5) is 0. The first-order valence-electron chi connectivity index (χ1n) is 3.47. The van der Waals surface area contributed by atoms with Crippen LogP contribution in [0.5, 0.6) is 0 Å². The molecular formula is C7H14S2. The maximum absolute atomic E-state index is 2.32. The summed E-state index contributed by atoms with van der Waals surface area (Å²) >= 11 is 4.26. The second-order valence-electron chi connectivity index (χ2n) is 2.89. The van der Waals surface area contributed by atoms with Crippen LogP contribution in [0.4, 0.5) is 0 Å². The van der Waals surface area contributed by atoms with E-state index in [9.17, 15) is 0 Å². The SMILES string of the molecule is CC(C)[C@H]1SC[C@H](C)S1. The molecule has 1 saturated heterocycles. The molecular weight excluding hydrogens is 148 g/mol. The molecule has 1 fully saturated rings. The standard InChI is InChI=1S/C7H14S2/c1-5(2)7-8-4-6(3)9-7/h5-7H,4H2,1-3H3/t6-,7-/m0/s1. The molecule has 54 valence electrons. The van der Waals surface area contributed by atoms with Crippen LogP contribution in [-0.4, -0.2) is 15.6 Å². The number of hydrogen-bond donors (Lipinski definition) is 0. The molecule has 9 heavy (non-hydrogen) atoms. The van der Waals surface area contributed by atoms with Gasteiger partial charge in [-0.2, -0.15) is 0 Å². The Labute approximate surface area is 66.2 Å². The van der Waals surface area contributed by atoms with Gasteiger partial charge in [0.25, 0.3) is 0 Å². The average molecular weight is 162 g/mol. The smallest absolute Gasteiger partial charge is 0.0528 e. The molecule has 1 heterocycles. The van der Waals surface area contributed by atoms with Crippen molar-refractivity contribution >= 4 is 23.5 Å². The topological polar surface area (TPSA) is 0 Å². The van der Waals surface area contributed by atoms with Crippen LogP contribution >= 0.6 is 23.5 Å². The Balaban J connectivity index is 2.30. The summed E-state index contributed by atoms with van der Waals surface area (Å²) in [6.07, 6.45) is 0. The second kappa shape index (κ2) is 3.20. The third kappa shape index (κ3) is 2.08. The molecule has 0 nitrogen and oxygen atoms in total. The summed E-state index contributed by atoms with van der Waals surface area (Å²) in [5, 5.41) is 0.891. The Kier molecular flexibility index (Phi) is 2.77. The lowest BCUT2D eigenvalue weighted by molar-refractivity contribution is 0.723. The summed E-state index contributed by atoms with van der Waals surface area (Å²) in [7, 11) is 0. The summed E-state index contributed by atoms with van der Waals surface area (Å²) in [5.41, 5.74) is 0. The van der Waals surface area contributed by atoms with Crippen molar-refractivity contribution in [2.45, 2.75) is 30.6 Å². The van der Waals surface area contributed by atoms with Crippen LogP contribution in [0.25, 0.3) is 0 Å². The molecule has 0 amide bonds. The molecule has 1 aliphatic rings. The fourth-order valence-corrected chi connectivity index (χ4v) is 4.17. The van der Waals surface area contributed by atoms with E-state index in [0.29, 0.717) is 0 Å². The molecule has 0 unspecified atom stereocenters. The van der Waals surface area contributed by atoms with Crippen LogP contribution in [0.3, 0.4) is 0 Å². The molecule has 0 N–H and O–H groups in total. The van der Waals surface area contributed by atoms with E-state index in [1.807, 2.05) is 0 Å². The van der Waals surface area contributed by atoms with Crippen molar-refractivity contribution < 1.29 is 0 Å². The third-order valence-corrected chi connectivity index (χ3v) is 5.37. The quantitative estimate of drug-likeness (QED) is 0.581. The van der Waals surface area contributed by atoms with Crippen molar-refractivity contribution in [1.29, 1.82) is 0 Å². The van der Waals surface area contributed by atoms with E-state index in [2.05, 4.69) is 44.3 Å². The lowest BCUT2D eigenvalue weighted by Crippen LogP contribution is -2.02. The molecule has 2 heteroatoms. The fourth-order valence-electron chi connectivity index (χ4n) is 0.887. The van der Waals surface area contributed by atoms with E-state index in [4.69, 9.17) is 0 Å². The highest BCUT2D eigenvalue weighted by molar-refractivity contribution is 8.20. The third-order valence-electron chi connectivity index (χ3n) is 1.41. The highest BCUT2D eigenvalue weighted by atomic mass is 32.2. The van der Waals surface area contributed by atoms with Gasteiger partial charge in [-0.25, -0.2) is 0 Å². The lowest BCUT2D eigenvalue weighted by Gasteiger charge is -2.11. The van der Waals surface area contributed by atoms with Gasteiger partial charge < -0.3 is 0 Å². The zero-order valence-electron chi connectivity index (χ0n) is 6.26. The van der Waals surface area contributed by atoms with E-state index in [-0.39, 0.29) is 0 Å². The molecule has 0 aromatic rings. The normalized spacial score (nSPS) is 36.0. The second-order valence-corrected chi connectivity index (χ2v) is 5.95. The van der Waals surface area contributed by atoms with Crippen LogP contribution in [0.2, 0.25) is 0 Å². The molecule has 0 bridgehead atoms. The van der Waals surface area contributed by atoms with Crippen molar-refractivity contribution in [3.63, 3.8) is 0 Å². The summed E-state index contributed by atoms with van der Waals surface area (Å²) in [6, 6.07) is 0. The molecule has 0 spiro atoms. The van der Waals surface area contributed by atoms with Gasteiger partial charge in [0.2, 0.25) is 0 Å². The van der Waals surface area contributed by atoms with Crippen molar-refractivity contribution in [3.8, 4) is 0 Å². The average Bonchev–Trinajstić information content (AvgIpc) is 2.14. The Bertz CT molecular complexity index is 90.9. The van der Waals surface area contributed by atoms with E-state index in [1.165, 1.54) is 5.75 Å². The minimum absolute atomic E-state index is 0.852. The predicted octanol–water partition coefficient (Wildman–Crippen LogP) is 2.84. The minimum atomic E-state index is 0.852. The monoisotopic (exact) mass is 162 g/mol. The van der Waals surface area contributed by atoms with Crippen molar-refractivity contribution in [1.82, 2.24) is 0 Å². The number of hydrogen-bond acceptors (Lipinski definition) is 2. The Morgan fingerprint density at radius 3 is 2.33 bits per heavy atom. The zero-order chi connectivity index (χ0) is 6.85. The summed E-state index contributed by atoms with van der Waals surface area (Å²) < 4.78 is 0.875. The maximum Gasteiger partial charge on any atom is 0.0528 e. The van der Waals surface area contributed by atoms with Gasteiger partial charge in [-0.1, -0.05) is 20.8 Å². The molecule has 1 aliphatic heterocycles. The highest BCUT2D eigenvalue weighted by Crippen LogP contribution is 2.41. The Morgan fingerprint density at radius 2 is 2.11 bits per heavy atom. The number of thioether (sulfide) groups is 2. The lowest BCUT2D eigenvalue weighted by atomic mass is 10.3. The molecule has 0 radical (unpaired) electrons. The van der Waals surface area contributed by atoms with Crippen LogP contribution in [0, 0.1) is 5.92 Å². The zero-order valence-corrected chi connectivity index (χ0v) is 7.89. The van der Waals surface area contributed by atoms with Gasteiger partial charge in [-0.3, -0.25) is 0 Å². The molecule has 0 aliphatic carbocycles. The van der Waals surface area contributed by atoms with E-state index in [0.717, 1.165) is 15.7 Å². The summed E-state index contributed by atoms with van der Waals surface area (Å²) in [5.74, 6) is 2.21. The van der Waals surface area contributed by atoms with E-state index >= 15 is 0 Å². The molecule has 0 aromatic carbocycles. The van der Waals surface area contributed by atoms with Crippen LogP contribution in [-0.2, 0) is 0 Å². The van der Waals surface area contributed by atoms with Gasteiger partial charge in [-0.05, 0) is 5.92 Å². The van der Waals surface area contributed by atoms with Gasteiger partial charge >= 0.3 is 0 Å². The van der Waals surface area contributed by atoms with Crippen molar-refractivity contribution in [2.75, 3.05) is 5.75 Å². The van der Waals surface area contributed by atoms with Crippen molar-refractivity contribution in [2.24, 2.45) is 5.92 Å². The van der Waals surface area contributed by atoms with Crippen LogP contribution in [0.1, 0.15) is 20.8 Å². The highest BCUT2D eigenvalue weighted by Gasteiger charge is 2.24. The van der Waals surface area contributed by atoms with Gasteiger partial charge in [0, 0.05) is 11.0 Å². The van der Waals surface area contributed by atoms with Gasteiger partial charge in [0.1, 0.15) is 0 Å². The maximum atomic E-state index is 2.32. The molecule has 2 atom stereocenters. The Hall–Kier alpha value is 0.700. The van der Waals surface area contributed by atoms with Gasteiger partial charge in [0.15, 0.2) is 0 Å². The van der Waals surface area contributed by atoms with Crippen molar-refractivity contribution in [3.05, 3.63) is 0 Å². The first-order valence-corrected chi connectivity index (χ1v) is 5.46. The molecule has 1 rings (SSSR count).